The molecule has 5 nitrogen and oxygen atoms in total. The van der Waals surface area contributed by atoms with E-state index in [-0.39, 0.29) is 22.3 Å². The van der Waals surface area contributed by atoms with E-state index in [9.17, 15) is 22.8 Å². The lowest BCUT2D eigenvalue weighted by atomic mass is 9.79. The number of amides is 1. The van der Waals surface area contributed by atoms with E-state index in [1.165, 1.54) is 48.5 Å². The number of carbonyl (C=O) groups is 2. The molecule has 0 saturated carbocycles. The second-order valence-electron chi connectivity index (χ2n) is 6.19. The van der Waals surface area contributed by atoms with Crippen molar-refractivity contribution in [1.29, 1.82) is 0 Å². The SMILES string of the molecule is [B]c1cccc(C(C)(CNC(=O)Oc2ccccc2C(=O)OC)C(F)(F)F)c1. The van der Waals surface area contributed by atoms with Crippen LogP contribution in [0, 0.1) is 0 Å². The van der Waals surface area contributed by atoms with Crippen LogP contribution in [0.1, 0.15) is 22.8 Å². The number of para-hydroxylation sites is 1. The normalized spacial score (nSPS) is 13.3. The molecule has 0 aromatic heterocycles. The van der Waals surface area contributed by atoms with E-state index in [4.69, 9.17) is 12.6 Å². The monoisotopic (exact) mass is 391 g/mol. The number of alkyl halides is 3. The highest BCUT2D eigenvalue weighted by atomic mass is 19.4. The van der Waals surface area contributed by atoms with Crippen molar-refractivity contribution >= 4 is 25.4 Å². The number of ether oxygens (including phenoxy) is 2. The summed E-state index contributed by atoms with van der Waals surface area (Å²) in [6, 6.07) is 11.1. The van der Waals surface area contributed by atoms with Crippen molar-refractivity contribution in [3.8, 4) is 5.75 Å². The Bertz CT molecular complexity index is 872. The van der Waals surface area contributed by atoms with E-state index in [0.717, 1.165) is 14.0 Å². The van der Waals surface area contributed by atoms with Gasteiger partial charge < -0.3 is 14.8 Å². The van der Waals surface area contributed by atoms with Crippen LogP contribution in [-0.4, -0.2) is 39.7 Å². The molecule has 2 aromatic rings. The Morgan fingerprint density at radius 2 is 1.79 bits per heavy atom. The molecule has 0 heterocycles. The van der Waals surface area contributed by atoms with Crippen LogP contribution in [0.25, 0.3) is 0 Å². The fraction of sp³-hybridized carbons (Fsp3) is 0.263. The topological polar surface area (TPSA) is 64.6 Å². The Kier molecular flexibility index (Phi) is 6.38. The maximum absolute atomic E-state index is 13.7. The smallest absolute Gasteiger partial charge is 0.412 e. The molecule has 1 atom stereocenters. The summed E-state index contributed by atoms with van der Waals surface area (Å²) in [5.74, 6) is -0.882. The summed E-state index contributed by atoms with van der Waals surface area (Å²) in [4.78, 5) is 23.8. The molecular formula is C19H17BF3NO4. The summed E-state index contributed by atoms with van der Waals surface area (Å²) in [5.41, 5.74) is -2.36. The van der Waals surface area contributed by atoms with Gasteiger partial charge in [-0.1, -0.05) is 41.9 Å². The van der Waals surface area contributed by atoms with Crippen LogP contribution in [0.5, 0.6) is 5.75 Å². The molecule has 0 spiro atoms. The van der Waals surface area contributed by atoms with Gasteiger partial charge in [0.15, 0.2) is 0 Å². The van der Waals surface area contributed by atoms with Crippen LogP contribution in [0.4, 0.5) is 18.0 Å². The maximum Gasteiger partial charge on any atom is 0.412 e. The van der Waals surface area contributed by atoms with Crippen molar-refractivity contribution in [3.05, 3.63) is 59.7 Å². The number of rotatable bonds is 5. The van der Waals surface area contributed by atoms with Crippen molar-refractivity contribution in [1.82, 2.24) is 5.32 Å². The highest BCUT2D eigenvalue weighted by Crippen LogP contribution is 2.40. The van der Waals surface area contributed by atoms with Crippen LogP contribution < -0.4 is 15.5 Å². The zero-order valence-corrected chi connectivity index (χ0v) is 15.2. The molecule has 0 fully saturated rings. The summed E-state index contributed by atoms with van der Waals surface area (Å²) < 4.78 is 50.7. The van der Waals surface area contributed by atoms with Gasteiger partial charge in [-0.3, -0.25) is 0 Å². The summed E-state index contributed by atoms with van der Waals surface area (Å²) in [6.45, 7) is 0.156. The fourth-order valence-corrected chi connectivity index (χ4v) is 2.47. The van der Waals surface area contributed by atoms with E-state index in [2.05, 4.69) is 10.1 Å². The van der Waals surface area contributed by atoms with Crippen molar-refractivity contribution in [2.45, 2.75) is 18.5 Å². The van der Waals surface area contributed by atoms with Gasteiger partial charge in [-0.2, -0.15) is 13.2 Å². The summed E-state index contributed by atoms with van der Waals surface area (Å²) >= 11 is 0. The van der Waals surface area contributed by atoms with Gasteiger partial charge in [0.25, 0.3) is 0 Å². The van der Waals surface area contributed by atoms with Crippen LogP contribution in [0.2, 0.25) is 0 Å². The number of benzene rings is 2. The number of hydrogen-bond acceptors (Lipinski definition) is 4. The Morgan fingerprint density at radius 1 is 1.11 bits per heavy atom. The fourth-order valence-electron chi connectivity index (χ4n) is 2.47. The molecular weight excluding hydrogens is 374 g/mol. The average Bonchev–Trinajstić information content (AvgIpc) is 2.65. The van der Waals surface area contributed by atoms with Gasteiger partial charge in [0.1, 0.15) is 24.6 Å². The molecule has 2 rings (SSSR count). The maximum atomic E-state index is 13.7. The first-order valence-corrected chi connectivity index (χ1v) is 8.14. The molecule has 2 radical (unpaired) electrons. The van der Waals surface area contributed by atoms with Gasteiger partial charge in [0, 0.05) is 6.54 Å². The summed E-state index contributed by atoms with van der Waals surface area (Å²) in [5, 5.41) is 2.11. The van der Waals surface area contributed by atoms with Crippen LogP contribution in [-0.2, 0) is 10.2 Å². The van der Waals surface area contributed by atoms with Crippen LogP contribution >= 0.6 is 0 Å². The minimum atomic E-state index is -4.67. The molecule has 0 aliphatic rings. The molecule has 0 aliphatic heterocycles. The lowest BCUT2D eigenvalue weighted by Gasteiger charge is -2.32. The number of hydrogen-bond donors (Lipinski definition) is 1. The lowest BCUT2D eigenvalue weighted by Crippen LogP contribution is -2.49. The number of nitrogens with one attached hydrogen (secondary N) is 1. The lowest BCUT2D eigenvalue weighted by molar-refractivity contribution is -0.183. The van der Waals surface area contributed by atoms with Crippen molar-refractivity contribution in [2.75, 3.05) is 13.7 Å². The van der Waals surface area contributed by atoms with Gasteiger partial charge in [-0.05, 0) is 24.6 Å². The van der Waals surface area contributed by atoms with Crippen molar-refractivity contribution < 1.29 is 32.2 Å². The van der Waals surface area contributed by atoms with E-state index in [0.29, 0.717) is 0 Å². The standard InChI is InChI=1S/C19H17BF3NO4/c1-18(19(21,22)23,12-6-5-7-13(20)10-12)11-24-17(26)28-15-9-4-3-8-14(15)16(25)27-2/h3-10H,11H2,1-2H3,(H,24,26). The number of halogens is 3. The third kappa shape index (κ3) is 4.65. The first-order chi connectivity index (χ1) is 13.1. The molecule has 0 bridgehead atoms. The highest BCUT2D eigenvalue weighted by molar-refractivity contribution is 6.32. The van der Waals surface area contributed by atoms with E-state index >= 15 is 0 Å². The molecule has 0 aliphatic carbocycles. The number of esters is 1. The number of carbonyl (C=O) groups excluding carboxylic acids is 2. The minimum absolute atomic E-state index is 0.0328. The molecule has 28 heavy (non-hydrogen) atoms. The summed E-state index contributed by atoms with van der Waals surface area (Å²) in [7, 11) is 6.74. The molecule has 2 aromatic carbocycles. The van der Waals surface area contributed by atoms with E-state index < -0.39 is 30.2 Å². The predicted molar refractivity (Wildman–Crippen MR) is 97.0 cm³/mol. The van der Waals surface area contributed by atoms with Gasteiger partial charge in [-0.15, -0.1) is 0 Å². The zero-order chi connectivity index (χ0) is 20.9. The summed E-state index contributed by atoms with van der Waals surface area (Å²) in [6.07, 6.45) is -5.81. The third-order valence-electron chi connectivity index (χ3n) is 4.23. The molecule has 9 heteroatoms. The Hall–Kier alpha value is -2.97. The quantitative estimate of drug-likeness (QED) is 0.629. The van der Waals surface area contributed by atoms with Gasteiger partial charge in [0.05, 0.1) is 7.11 Å². The molecule has 1 amide bonds. The van der Waals surface area contributed by atoms with Gasteiger partial charge in [-0.25, -0.2) is 9.59 Å². The molecule has 0 saturated heterocycles. The third-order valence-corrected chi connectivity index (χ3v) is 4.23. The van der Waals surface area contributed by atoms with Crippen LogP contribution in [0.3, 0.4) is 0 Å². The zero-order valence-electron chi connectivity index (χ0n) is 15.2. The highest BCUT2D eigenvalue weighted by Gasteiger charge is 2.52. The Labute approximate surface area is 161 Å². The van der Waals surface area contributed by atoms with E-state index in [1.54, 1.807) is 0 Å². The largest absolute Gasteiger partial charge is 0.465 e. The van der Waals surface area contributed by atoms with E-state index in [1.807, 2.05) is 0 Å². The second-order valence-corrected chi connectivity index (χ2v) is 6.19. The first kappa shape index (κ1) is 21.3. The molecule has 1 N–H and O–H groups in total. The van der Waals surface area contributed by atoms with Crippen LogP contribution in [0.15, 0.2) is 48.5 Å². The van der Waals surface area contributed by atoms with Crippen molar-refractivity contribution in [2.24, 2.45) is 0 Å². The van der Waals surface area contributed by atoms with Crippen molar-refractivity contribution in [3.63, 3.8) is 0 Å². The number of methoxy groups -OCH3 is 1. The van der Waals surface area contributed by atoms with Gasteiger partial charge >= 0.3 is 18.2 Å². The van der Waals surface area contributed by atoms with Gasteiger partial charge in [0.2, 0.25) is 0 Å². The minimum Gasteiger partial charge on any atom is -0.465 e. The Balaban J connectivity index is 2.19. The Morgan fingerprint density at radius 3 is 2.39 bits per heavy atom. The second kappa shape index (κ2) is 8.37. The average molecular weight is 391 g/mol. The molecule has 1 unspecified atom stereocenters. The first-order valence-electron chi connectivity index (χ1n) is 8.14. The predicted octanol–water partition coefficient (Wildman–Crippen LogP) is 2.88. The molecule has 146 valence electrons.